The van der Waals surface area contributed by atoms with E-state index in [1.54, 1.807) is 0 Å². The third-order valence-electron chi connectivity index (χ3n) is 1.93. The van der Waals surface area contributed by atoms with Gasteiger partial charge in [-0.2, -0.15) is 0 Å². The maximum absolute atomic E-state index is 6.05. The minimum atomic E-state index is -1.77. The molecule has 0 heterocycles. The Labute approximate surface area is 104 Å². The molecule has 0 aliphatic rings. The molecule has 0 unspecified atom stereocenters. The summed E-state index contributed by atoms with van der Waals surface area (Å²) in [5, 5.41) is 0. The molecule has 0 radical (unpaired) electrons. The summed E-state index contributed by atoms with van der Waals surface area (Å²) in [5.74, 6) is 0. The Hall–Kier alpha value is -0.328. The van der Waals surface area contributed by atoms with Crippen molar-refractivity contribution in [1.82, 2.24) is 0 Å². The lowest BCUT2D eigenvalue weighted by Crippen LogP contribution is -2.44. The molecule has 88 valence electrons. The fraction of sp³-hybridized carbons (Fsp3) is 0.538. The lowest BCUT2D eigenvalue weighted by Gasteiger charge is -2.26. The molecule has 0 spiro atoms. The predicted octanol–water partition coefficient (Wildman–Crippen LogP) is 2.62. The van der Waals surface area contributed by atoms with Crippen molar-refractivity contribution >= 4 is 19.2 Å². The molecular weight excluding hydrogens is 215 g/mol. The topological polar surface area (TPSA) is 18.5 Å². The highest BCUT2D eigenvalue weighted by Crippen LogP contribution is 2.11. The summed E-state index contributed by atoms with van der Waals surface area (Å²) < 4.78 is 13.2. The summed E-state index contributed by atoms with van der Waals surface area (Å²) in [4.78, 5) is 0. The maximum atomic E-state index is 6.05. The summed E-state index contributed by atoms with van der Waals surface area (Å²) in [6.45, 7) is 10.3. The zero-order valence-electron chi connectivity index (χ0n) is 10.9. The largest absolute Gasteiger partial charge is 0.718 e. The van der Waals surface area contributed by atoms with Crippen molar-refractivity contribution in [3.05, 3.63) is 30.3 Å². The van der Waals surface area contributed by atoms with Crippen LogP contribution >= 0.6 is 0 Å². The van der Waals surface area contributed by atoms with Crippen LogP contribution in [0.5, 0.6) is 0 Å². The molecule has 0 atom stereocenters. The normalized spacial score (nSPS) is 11.9. The Morgan fingerprint density at radius 2 is 1.62 bits per heavy atom. The monoisotopic (exact) mass is 236 g/mol. The number of hydrogen-bond acceptors (Lipinski definition) is 2. The molecule has 0 amide bonds. The molecule has 2 nitrogen and oxygen atoms in total. The SMILES string of the molecule is CC(C)[O][Al]([O]C(C)(C)C)[c]1ccccc1. The smallest absolute Gasteiger partial charge is 0.473 e. The van der Waals surface area contributed by atoms with Gasteiger partial charge in [-0.3, -0.25) is 0 Å². The highest BCUT2D eigenvalue weighted by molar-refractivity contribution is 6.61. The number of benzene rings is 1. The Kier molecular flexibility index (Phi) is 5.01. The molecule has 0 N–H and O–H groups in total. The number of hydrogen-bond donors (Lipinski definition) is 0. The second-order valence-corrected chi connectivity index (χ2v) is 7.00. The maximum Gasteiger partial charge on any atom is 0.718 e. The van der Waals surface area contributed by atoms with E-state index in [4.69, 9.17) is 7.58 Å². The molecule has 0 aliphatic carbocycles. The zero-order valence-corrected chi connectivity index (χ0v) is 12.0. The molecule has 0 aromatic heterocycles. The third kappa shape index (κ3) is 5.14. The Morgan fingerprint density at radius 1 is 1.06 bits per heavy atom. The second kappa shape index (κ2) is 5.84. The van der Waals surface area contributed by atoms with Gasteiger partial charge in [-0.25, -0.2) is 0 Å². The van der Waals surface area contributed by atoms with Gasteiger partial charge in [-0.1, -0.05) is 30.3 Å². The van der Waals surface area contributed by atoms with Gasteiger partial charge < -0.3 is 7.58 Å². The highest BCUT2D eigenvalue weighted by Gasteiger charge is 2.33. The Balaban J connectivity index is 2.80. The molecule has 0 bridgehead atoms. The molecule has 0 aliphatic heterocycles. The minimum Gasteiger partial charge on any atom is -0.473 e. The summed E-state index contributed by atoms with van der Waals surface area (Å²) in [6, 6.07) is 10.3. The van der Waals surface area contributed by atoms with E-state index >= 15 is 0 Å². The van der Waals surface area contributed by atoms with Crippen molar-refractivity contribution in [2.75, 3.05) is 0 Å². The van der Waals surface area contributed by atoms with Crippen LogP contribution in [-0.4, -0.2) is 26.5 Å². The van der Waals surface area contributed by atoms with Gasteiger partial charge in [0, 0.05) is 11.7 Å². The molecule has 1 rings (SSSR count). The van der Waals surface area contributed by atoms with Crippen LogP contribution in [0.25, 0.3) is 0 Å². The van der Waals surface area contributed by atoms with Gasteiger partial charge in [0.15, 0.2) is 0 Å². The molecule has 0 saturated carbocycles. The van der Waals surface area contributed by atoms with Crippen molar-refractivity contribution in [3.63, 3.8) is 0 Å². The first-order chi connectivity index (χ1) is 7.38. The van der Waals surface area contributed by atoms with E-state index in [0.29, 0.717) is 0 Å². The van der Waals surface area contributed by atoms with Gasteiger partial charge in [0.2, 0.25) is 0 Å². The zero-order chi connectivity index (χ0) is 12.2. The molecular formula is C13H21AlO2. The first-order valence-electron chi connectivity index (χ1n) is 5.77. The standard InChI is InChI=1S/C6H5.C4H9O.C3H7O.Al/c1-2-4-6-5-3-1;1-4(2,3)5;1-3(2)4;/h1-5H;1-3H3;3H,1-2H3;/q;2*-1;+2. The average Bonchev–Trinajstić information content (AvgIpc) is 2.15. The van der Waals surface area contributed by atoms with E-state index in [1.807, 2.05) is 18.2 Å². The van der Waals surface area contributed by atoms with E-state index in [2.05, 4.69) is 46.8 Å². The van der Waals surface area contributed by atoms with Gasteiger partial charge >= 0.3 is 14.8 Å². The quantitative estimate of drug-likeness (QED) is 0.748. The molecule has 16 heavy (non-hydrogen) atoms. The van der Waals surface area contributed by atoms with Crippen molar-refractivity contribution in [3.8, 4) is 0 Å². The van der Waals surface area contributed by atoms with Crippen LogP contribution in [0.1, 0.15) is 34.6 Å². The van der Waals surface area contributed by atoms with Gasteiger partial charge in [0.25, 0.3) is 0 Å². The summed E-state index contributed by atoms with van der Waals surface area (Å²) in [6.07, 6.45) is 0.208. The van der Waals surface area contributed by atoms with Gasteiger partial charge in [0.05, 0.1) is 0 Å². The third-order valence-corrected chi connectivity index (χ3v) is 4.57. The van der Waals surface area contributed by atoms with Crippen molar-refractivity contribution in [2.24, 2.45) is 0 Å². The van der Waals surface area contributed by atoms with Crippen LogP contribution in [-0.2, 0) is 7.58 Å². The van der Waals surface area contributed by atoms with E-state index in [9.17, 15) is 0 Å². The lowest BCUT2D eigenvalue weighted by atomic mass is 10.2. The van der Waals surface area contributed by atoms with Crippen LogP contribution in [0.2, 0.25) is 0 Å². The van der Waals surface area contributed by atoms with Gasteiger partial charge in [-0.15, -0.1) is 0 Å². The average molecular weight is 236 g/mol. The summed E-state index contributed by atoms with van der Waals surface area (Å²) >= 11 is -1.77. The highest BCUT2D eigenvalue weighted by atomic mass is 27.2. The molecule has 3 heteroatoms. The van der Waals surface area contributed by atoms with E-state index in [1.165, 1.54) is 4.43 Å². The van der Waals surface area contributed by atoms with Crippen LogP contribution in [0.4, 0.5) is 0 Å². The Bertz CT molecular complexity index is 303. The van der Waals surface area contributed by atoms with Crippen LogP contribution in [0.3, 0.4) is 0 Å². The minimum absolute atomic E-state index is 0.151. The van der Waals surface area contributed by atoms with Gasteiger partial charge in [-0.05, 0) is 39.0 Å². The van der Waals surface area contributed by atoms with Crippen LogP contribution in [0, 0.1) is 0 Å². The summed E-state index contributed by atoms with van der Waals surface area (Å²) in [5.41, 5.74) is -0.151. The van der Waals surface area contributed by atoms with Crippen molar-refractivity contribution < 1.29 is 7.58 Å². The molecule has 1 aromatic carbocycles. The van der Waals surface area contributed by atoms with Crippen LogP contribution < -0.4 is 4.43 Å². The molecule has 1 aromatic rings. The van der Waals surface area contributed by atoms with E-state index < -0.39 is 14.8 Å². The number of rotatable bonds is 4. The lowest BCUT2D eigenvalue weighted by molar-refractivity contribution is 0.0757. The Morgan fingerprint density at radius 3 is 2.06 bits per heavy atom. The predicted molar refractivity (Wildman–Crippen MR) is 68.9 cm³/mol. The van der Waals surface area contributed by atoms with Crippen molar-refractivity contribution in [1.29, 1.82) is 0 Å². The fourth-order valence-electron chi connectivity index (χ4n) is 1.35. The first kappa shape index (κ1) is 13.7. The van der Waals surface area contributed by atoms with E-state index in [0.717, 1.165) is 0 Å². The molecule has 0 fully saturated rings. The van der Waals surface area contributed by atoms with E-state index in [-0.39, 0.29) is 11.7 Å². The van der Waals surface area contributed by atoms with Gasteiger partial charge in [0.1, 0.15) is 0 Å². The summed E-state index contributed by atoms with van der Waals surface area (Å²) in [7, 11) is 0. The first-order valence-corrected chi connectivity index (χ1v) is 7.29. The fourth-order valence-corrected chi connectivity index (χ4v) is 3.37. The van der Waals surface area contributed by atoms with Crippen molar-refractivity contribution in [2.45, 2.75) is 46.3 Å². The van der Waals surface area contributed by atoms with Crippen LogP contribution in [0.15, 0.2) is 30.3 Å². The second-order valence-electron chi connectivity index (χ2n) is 5.16. The molecule has 0 saturated heterocycles.